The Balaban J connectivity index is 1.75. The summed E-state index contributed by atoms with van der Waals surface area (Å²) in [6.45, 7) is 4.14. The zero-order valence-electron chi connectivity index (χ0n) is 13.8. The number of hydrogen-bond acceptors (Lipinski definition) is 4. The highest BCUT2D eigenvalue weighted by Gasteiger charge is 2.28. The molecule has 0 radical (unpaired) electrons. The zero-order valence-corrected chi connectivity index (χ0v) is 14.6. The van der Waals surface area contributed by atoms with Crippen molar-refractivity contribution in [2.24, 2.45) is 5.92 Å². The monoisotopic (exact) mass is 340 g/mol. The summed E-state index contributed by atoms with van der Waals surface area (Å²) in [6, 6.07) is 6.29. The number of rotatable bonds is 3. The number of benzene rings is 1. The molecule has 0 atom stereocenters. The van der Waals surface area contributed by atoms with Gasteiger partial charge in [0.15, 0.2) is 0 Å². The molecule has 0 amide bonds. The number of fused-ring (bicyclic) bond motifs is 1. The van der Waals surface area contributed by atoms with Crippen LogP contribution in [0.1, 0.15) is 29.8 Å². The van der Waals surface area contributed by atoms with E-state index in [0.717, 1.165) is 41.0 Å². The maximum atomic E-state index is 12.6. The van der Waals surface area contributed by atoms with Gasteiger partial charge in [-0.3, -0.25) is 4.79 Å². The molecule has 1 aliphatic rings. The highest BCUT2D eigenvalue weighted by atomic mass is 32.1. The highest BCUT2D eigenvalue weighted by Crippen LogP contribution is 2.34. The van der Waals surface area contributed by atoms with E-state index in [4.69, 9.17) is 0 Å². The molecule has 0 bridgehead atoms. The molecule has 4 rings (SSSR count). The molecule has 0 aliphatic heterocycles. The number of nitrogens with zero attached hydrogens (tertiary/aromatic N) is 1. The minimum Gasteiger partial charge on any atom is -0.393 e. The van der Waals surface area contributed by atoms with Crippen LogP contribution < -0.4 is 5.56 Å². The lowest BCUT2D eigenvalue weighted by Crippen LogP contribution is -2.30. The third-order valence-corrected chi connectivity index (χ3v) is 5.73. The van der Waals surface area contributed by atoms with E-state index in [9.17, 15) is 9.90 Å². The lowest BCUT2D eigenvalue weighted by atomic mass is 9.80. The summed E-state index contributed by atoms with van der Waals surface area (Å²) >= 11 is 1.52. The highest BCUT2D eigenvalue weighted by molar-refractivity contribution is 7.17. The first-order valence-corrected chi connectivity index (χ1v) is 9.15. The molecular weight excluding hydrogens is 320 g/mol. The molecule has 2 aromatic heterocycles. The van der Waals surface area contributed by atoms with E-state index >= 15 is 0 Å². The van der Waals surface area contributed by atoms with E-state index in [1.54, 1.807) is 0 Å². The smallest absolute Gasteiger partial charge is 0.260 e. The van der Waals surface area contributed by atoms with E-state index in [-0.39, 0.29) is 11.7 Å². The molecule has 0 saturated heterocycles. The first-order chi connectivity index (χ1) is 11.5. The molecule has 1 saturated carbocycles. The van der Waals surface area contributed by atoms with Crippen LogP contribution in [-0.4, -0.2) is 21.2 Å². The fraction of sp³-hybridized carbons (Fsp3) is 0.368. The summed E-state index contributed by atoms with van der Waals surface area (Å²) in [5, 5.41) is 12.1. The summed E-state index contributed by atoms with van der Waals surface area (Å²) in [6.07, 6.45) is 2.17. The summed E-state index contributed by atoms with van der Waals surface area (Å²) in [7, 11) is 0. The molecular formula is C19H20N2O2S. The Hall–Kier alpha value is -1.98. The van der Waals surface area contributed by atoms with Gasteiger partial charge in [-0.15, -0.1) is 11.3 Å². The van der Waals surface area contributed by atoms with Crippen LogP contribution in [0.3, 0.4) is 0 Å². The Morgan fingerprint density at radius 3 is 2.79 bits per heavy atom. The van der Waals surface area contributed by atoms with Gasteiger partial charge in [0.25, 0.3) is 5.56 Å². The Kier molecular flexibility index (Phi) is 3.77. The van der Waals surface area contributed by atoms with Crippen molar-refractivity contribution in [3.8, 4) is 11.1 Å². The molecule has 0 spiro atoms. The molecule has 2 heterocycles. The second-order valence-corrected chi connectivity index (χ2v) is 7.71. The minimum absolute atomic E-state index is 0.0638. The Labute approximate surface area is 144 Å². The van der Waals surface area contributed by atoms with Crippen molar-refractivity contribution in [1.29, 1.82) is 0 Å². The van der Waals surface area contributed by atoms with Crippen LogP contribution in [0.5, 0.6) is 0 Å². The number of aliphatic hydroxyl groups excluding tert-OH is 1. The average molecular weight is 340 g/mol. The number of H-pyrrole nitrogens is 1. The predicted molar refractivity (Wildman–Crippen MR) is 97.6 cm³/mol. The molecule has 2 N–H and O–H groups in total. The van der Waals surface area contributed by atoms with Gasteiger partial charge in [0.2, 0.25) is 0 Å². The van der Waals surface area contributed by atoms with Gasteiger partial charge in [-0.05, 0) is 43.7 Å². The summed E-state index contributed by atoms with van der Waals surface area (Å²) in [4.78, 5) is 21.0. The van der Waals surface area contributed by atoms with Crippen LogP contribution in [0.25, 0.3) is 21.3 Å². The van der Waals surface area contributed by atoms with Crippen molar-refractivity contribution in [2.45, 2.75) is 39.2 Å². The number of nitrogens with one attached hydrogen (secondary N) is 1. The van der Waals surface area contributed by atoms with Crippen molar-refractivity contribution in [3.63, 3.8) is 0 Å². The van der Waals surface area contributed by atoms with Crippen LogP contribution in [0, 0.1) is 19.8 Å². The van der Waals surface area contributed by atoms with E-state index in [0.29, 0.717) is 11.3 Å². The van der Waals surface area contributed by atoms with Gasteiger partial charge < -0.3 is 10.1 Å². The van der Waals surface area contributed by atoms with E-state index in [1.807, 2.05) is 5.38 Å². The van der Waals surface area contributed by atoms with Gasteiger partial charge in [-0.1, -0.05) is 23.8 Å². The molecule has 1 fully saturated rings. The normalized spacial score (nSPS) is 20.3. The number of aryl methyl sites for hydroxylation is 2. The first-order valence-electron chi connectivity index (χ1n) is 8.27. The van der Waals surface area contributed by atoms with Crippen molar-refractivity contribution >= 4 is 21.6 Å². The second kappa shape index (κ2) is 5.83. The van der Waals surface area contributed by atoms with E-state index in [1.165, 1.54) is 22.5 Å². The SMILES string of the molecule is Cc1ccc(-c2csc3nc(CC4CC(O)C4)[nH]c(=O)c23)c(C)c1. The molecule has 24 heavy (non-hydrogen) atoms. The Morgan fingerprint density at radius 2 is 2.08 bits per heavy atom. The van der Waals surface area contributed by atoms with E-state index in [2.05, 4.69) is 42.0 Å². The minimum atomic E-state index is -0.177. The fourth-order valence-corrected chi connectivity index (χ4v) is 4.50. The Morgan fingerprint density at radius 1 is 1.29 bits per heavy atom. The standard InChI is InChI=1S/C19H20N2O2S/c1-10-3-4-14(11(2)5-10)15-9-24-19-17(15)18(23)20-16(21-19)8-12-6-13(22)7-12/h3-5,9,12-13,22H,6-8H2,1-2H3,(H,20,21,23). The molecule has 124 valence electrons. The van der Waals surface area contributed by atoms with Crippen molar-refractivity contribution in [1.82, 2.24) is 9.97 Å². The summed E-state index contributed by atoms with van der Waals surface area (Å²) in [5.41, 5.74) is 4.38. The number of aliphatic hydroxyl groups is 1. The number of aromatic amines is 1. The quantitative estimate of drug-likeness (QED) is 0.766. The van der Waals surface area contributed by atoms with Crippen molar-refractivity contribution in [2.75, 3.05) is 0 Å². The molecule has 1 aliphatic carbocycles. The third kappa shape index (κ3) is 2.68. The second-order valence-electron chi connectivity index (χ2n) is 6.86. The van der Waals surface area contributed by atoms with Crippen LogP contribution in [-0.2, 0) is 6.42 Å². The van der Waals surface area contributed by atoms with Crippen LogP contribution in [0.15, 0.2) is 28.4 Å². The number of thiophene rings is 1. The number of aromatic nitrogens is 2. The van der Waals surface area contributed by atoms with Gasteiger partial charge in [0.05, 0.1) is 11.5 Å². The van der Waals surface area contributed by atoms with Gasteiger partial charge in [-0.25, -0.2) is 4.98 Å². The fourth-order valence-electron chi connectivity index (χ4n) is 3.54. The van der Waals surface area contributed by atoms with Gasteiger partial charge in [-0.2, -0.15) is 0 Å². The van der Waals surface area contributed by atoms with Crippen LogP contribution in [0.4, 0.5) is 0 Å². The number of hydrogen-bond donors (Lipinski definition) is 2. The van der Waals surface area contributed by atoms with Crippen molar-refractivity contribution in [3.05, 3.63) is 50.9 Å². The molecule has 1 aromatic carbocycles. The lowest BCUT2D eigenvalue weighted by molar-refractivity contribution is 0.0424. The zero-order chi connectivity index (χ0) is 16.8. The summed E-state index contributed by atoms with van der Waals surface area (Å²) in [5.74, 6) is 1.16. The largest absolute Gasteiger partial charge is 0.393 e. The third-order valence-electron chi connectivity index (χ3n) is 4.86. The van der Waals surface area contributed by atoms with Crippen LogP contribution >= 0.6 is 11.3 Å². The predicted octanol–water partition coefficient (Wildman–Crippen LogP) is 3.58. The van der Waals surface area contributed by atoms with Gasteiger partial charge in [0, 0.05) is 17.4 Å². The van der Waals surface area contributed by atoms with Crippen LogP contribution in [0.2, 0.25) is 0 Å². The average Bonchev–Trinajstić information content (AvgIpc) is 2.90. The van der Waals surface area contributed by atoms with Crippen molar-refractivity contribution < 1.29 is 5.11 Å². The topological polar surface area (TPSA) is 66.0 Å². The van der Waals surface area contributed by atoms with Gasteiger partial charge in [0.1, 0.15) is 10.7 Å². The maximum absolute atomic E-state index is 12.6. The lowest BCUT2D eigenvalue weighted by Gasteiger charge is -2.30. The molecule has 0 unspecified atom stereocenters. The molecule has 5 heteroatoms. The van der Waals surface area contributed by atoms with Gasteiger partial charge >= 0.3 is 0 Å². The molecule has 3 aromatic rings. The Bertz CT molecular complexity index is 967. The molecule has 4 nitrogen and oxygen atoms in total. The first kappa shape index (κ1) is 15.5. The van der Waals surface area contributed by atoms with E-state index < -0.39 is 0 Å². The maximum Gasteiger partial charge on any atom is 0.260 e. The summed E-state index contributed by atoms with van der Waals surface area (Å²) < 4.78 is 0.